The smallest absolute Gasteiger partial charge is 0.458 e. The van der Waals surface area contributed by atoms with Gasteiger partial charge in [0.25, 0.3) is 0 Å². The van der Waals surface area contributed by atoms with E-state index >= 15 is 4.39 Å². The van der Waals surface area contributed by atoms with E-state index in [1.807, 2.05) is 59.1 Å². The van der Waals surface area contributed by atoms with Crippen LogP contribution in [0.3, 0.4) is 0 Å². The number of benzene rings is 5. The van der Waals surface area contributed by atoms with Gasteiger partial charge in [-0.3, -0.25) is 4.98 Å². The van der Waals surface area contributed by atoms with Crippen LogP contribution in [0.15, 0.2) is 122 Å². The van der Waals surface area contributed by atoms with Gasteiger partial charge >= 0.3 is 20.4 Å². The van der Waals surface area contributed by atoms with Gasteiger partial charge in [0, 0.05) is 40.9 Å². The Morgan fingerprint density at radius 3 is 2.39 bits per heavy atom. The number of pyridine rings is 2. The molecule has 1 aliphatic rings. The van der Waals surface area contributed by atoms with E-state index in [-0.39, 0.29) is 20.4 Å². The number of rotatable bonds is 3. The summed E-state index contributed by atoms with van der Waals surface area (Å²) in [7, 11) is -2.04. The van der Waals surface area contributed by atoms with Crippen LogP contribution < -0.4 is 15.1 Å². The molecule has 1 unspecified atom stereocenters. The molecule has 1 aliphatic heterocycles. The maximum absolute atomic E-state index is 16.6. The van der Waals surface area contributed by atoms with Crippen molar-refractivity contribution in [2.75, 3.05) is 0 Å². The van der Waals surface area contributed by atoms with E-state index in [9.17, 15) is 0 Å². The van der Waals surface area contributed by atoms with Gasteiger partial charge in [0.05, 0.1) is 11.2 Å². The van der Waals surface area contributed by atoms with E-state index in [4.69, 9.17) is 9.72 Å². The van der Waals surface area contributed by atoms with Gasteiger partial charge in [-0.25, -0.2) is 9.37 Å². The Labute approximate surface area is 296 Å². The summed E-state index contributed by atoms with van der Waals surface area (Å²) in [4.78, 5) is 9.43. The third-order valence-electron chi connectivity index (χ3n) is 9.96. The second-order valence-corrected chi connectivity index (χ2v) is 17.3. The molecular weight excluding hydrogens is 718 g/mol. The predicted octanol–water partition coefficient (Wildman–Crippen LogP) is 8.72. The summed E-state index contributed by atoms with van der Waals surface area (Å²) in [6.07, 6.45) is 4.06. The monoisotopic (exact) mass is 744 g/mol. The summed E-state index contributed by atoms with van der Waals surface area (Å²) in [5.74, 6) is 1.79. The van der Waals surface area contributed by atoms with E-state index in [0.717, 1.165) is 60.8 Å². The number of alkyl halides is 1. The Kier molecular flexibility index (Phi) is 6.69. The maximum Gasteiger partial charge on any atom is 2.00 e. The van der Waals surface area contributed by atoms with Crippen LogP contribution >= 0.6 is 0 Å². The molecule has 10 rings (SSSR count). The van der Waals surface area contributed by atoms with Gasteiger partial charge in [-0.05, 0) is 46.1 Å². The quantitative estimate of drug-likeness (QED) is 0.103. The van der Waals surface area contributed by atoms with Crippen LogP contribution in [0, 0.1) is 12.1 Å². The first-order valence-electron chi connectivity index (χ1n) is 16.0. The summed E-state index contributed by atoms with van der Waals surface area (Å²) >= 11 is 0. The van der Waals surface area contributed by atoms with Crippen molar-refractivity contribution in [3.8, 4) is 17.2 Å². The minimum absolute atomic E-state index is 0. The number of aromatic nitrogens is 4. The fourth-order valence-corrected chi connectivity index (χ4v) is 10.4. The summed E-state index contributed by atoms with van der Waals surface area (Å²) < 4.78 is 27.3. The van der Waals surface area contributed by atoms with Gasteiger partial charge in [0.1, 0.15) is 31.4 Å². The fraction of sp³-hybridized carbons (Fsp3) is 0.0732. The molecule has 238 valence electrons. The van der Waals surface area contributed by atoms with Crippen molar-refractivity contribution in [3.63, 3.8) is 0 Å². The van der Waals surface area contributed by atoms with Gasteiger partial charge in [0.15, 0.2) is 0 Å². The van der Waals surface area contributed by atoms with Gasteiger partial charge < -0.3 is 13.7 Å². The number of nitrogens with zero attached hydrogens (tertiary/aromatic N) is 4. The van der Waals surface area contributed by atoms with Crippen LogP contribution in [0.2, 0.25) is 13.1 Å². The van der Waals surface area contributed by atoms with E-state index in [1.54, 1.807) is 18.5 Å². The van der Waals surface area contributed by atoms with Crippen molar-refractivity contribution in [2.24, 2.45) is 0 Å². The van der Waals surface area contributed by atoms with Crippen LogP contribution in [0.5, 0.6) is 11.5 Å². The van der Waals surface area contributed by atoms with E-state index in [1.165, 1.54) is 10.4 Å². The zero-order chi connectivity index (χ0) is 32.1. The number of ether oxygens (including phenoxy) is 1. The summed E-state index contributed by atoms with van der Waals surface area (Å²) in [6.45, 7) is 4.75. The number of hydrogen-bond donors (Lipinski definition) is 0. The molecule has 9 aromatic rings. The number of halogens is 1. The molecule has 8 heteroatoms. The van der Waals surface area contributed by atoms with Crippen LogP contribution in [0.25, 0.3) is 54.9 Å². The predicted molar refractivity (Wildman–Crippen MR) is 193 cm³/mol. The van der Waals surface area contributed by atoms with Crippen molar-refractivity contribution in [1.82, 2.24) is 18.9 Å². The molecule has 0 fully saturated rings. The first-order chi connectivity index (χ1) is 23.5. The Hall–Kier alpha value is -5.13. The molecule has 4 aromatic heterocycles. The second kappa shape index (κ2) is 10.9. The largest absolute Gasteiger partial charge is 2.00 e. The van der Waals surface area contributed by atoms with E-state index in [2.05, 4.69) is 83.3 Å². The number of hydrogen-bond acceptors (Lipinski definition) is 3. The summed E-state index contributed by atoms with van der Waals surface area (Å²) in [5.41, 5.74) is 5.12. The summed E-state index contributed by atoms with van der Waals surface area (Å²) in [6, 6.07) is 41.3. The number of imidazole rings is 1. The van der Waals surface area contributed by atoms with Crippen LogP contribution in [0.4, 0.5) is 4.39 Å². The molecule has 5 aromatic carbocycles. The molecule has 0 saturated carbocycles. The van der Waals surface area contributed by atoms with Crippen molar-refractivity contribution in [2.45, 2.75) is 19.3 Å². The first-order valence-corrected chi connectivity index (χ1v) is 19.0. The Balaban J connectivity index is 0.00000325. The third kappa shape index (κ3) is 4.31. The van der Waals surface area contributed by atoms with E-state index < -0.39 is 14.2 Å². The van der Waals surface area contributed by atoms with Crippen molar-refractivity contribution >= 4 is 67.7 Å². The topological polar surface area (TPSA) is 44.4 Å². The third-order valence-corrected chi connectivity index (χ3v) is 13.5. The normalized spacial score (nSPS) is 14.1. The van der Waals surface area contributed by atoms with Crippen LogP contribution in [0.1, 0.15) is 17.3 Å². The van der Waals surface area contributed by atoms with E-state index in [0.29, 0.717) is 16.8 Å². The van der Waals surface area contributed by atoms with Crippen LogP contribution in [-0.4, -0.2) is 27.0 Å². The Morgan fingerprint density at radius 2 is 1.47 bits per heavy atom. The average Bonchev–Trinajstić information content (AvgIpc) is 3.74. The molecule has 0 bridgehead atoms. The summed E-state index contributed by atoms with van der Waals surface area (Å²) in [5, 5.41) is 7.53. The van der Waals surface area contributed by atoms with Gasteiger partial charge in [-0.1, -0.05) is 71.5 Å². The molecule has 1 atom stereocenters. The zero-order valence-electron chi connectivity index (χ0n) is 26.5. The minimum atomic E-state index is -2.04. The van der Waals surface area contributed by atoms with Gasteiger partial charge in [-0.2, -0.15) is 18.2 Å². The molecule has 0 spiro atoms. The Morgan fingerprint density at radius 1 is 0.673 bits per heavy atom. The standard InChI is InChI=1S/C41H27FN4OSi.Pd/c1-48(2)37-15-6-5-14-35(37)47-36-24-34-31(23-38(36)48)30-12-8-18-43-41(30)46(34)27-10-7-9-25(21-27)39(42)26-16-17-28-29-11-3-4-13-33(29)45-20-19-44-40(45)32(28)22-26;/h3-20,23-24,39H,1-2H3;/q-2;+2. The molecule has 0 radical (unpaired) electrons. The van der Waals surface area contributed by atoms with Gasteiger partial charge in [0.2, 0.25) is 0 Å². The SMILES string of the molecule is C[Si]1(C)c2ccccc2Oc2cc3c(cc21)c1cccnc1n3-c1[c-]c(C(F)c2[c-]c3c(cc2)c2ccccc2n2ccnc32)ccc1.[Pd+2]. The molecule has 0 amide bonds. The van der Waals surface area contributed by atoms with Gasteiger partial charge in [-0.15, -0.1) is 29.8 Å². The molecule has 0 N–H and O–H groups in total. The maximum atomic E-state index is 16.6. The molecule has 0 aliphatic carbocycles. The average molecular weight is 745 g/mol. The van der Waals surface area contributed by atoms with Crippen molar-refractivity contribution in [1.29, 1.82) is 0 Å². The number of fused-ring (bicyclic) bond motifs is 11. The number of para-hydroxylation sites is 2. The Bertz CT molecular complexity index is 2790. The zero-order valence-corrected chi connectivity index (χ0v) is 29.1. The van der Waals surface area contributed by atoms with Crippen LogP contribution in [-0.2, 0) is 20.4 Å². The molecule has 49 heavy (non-hydrogen) atoms. The fourth-order valence-electron chi connectivity index (χ4n) is 7.59. The second-order valence-electron chi connectivity index (χ2n) is 13.0. The van der Waals surface area contributed by atoms with Crippen molar-refractivity contribution < 1.29 is 29.6 Å². The molecule has 5 nitrogen and oxygen atoms in total. The van der Waals surface area contributed by atoms with Crippen molar-refractivity contribution in [3.05, 3.63) is 145 Å². The minimum Gasteiger partial charge on any atom is -0.458 e. The molecular formula is C41H27FN4OPdSi. The molecule has 0 saturated heterocycles. The first kappa shape index (κ1) is 30.0. The molecule has 5 heterocycles.